The van der Waals surface area contributed by atoms with Gasteiger partial charge in [0.2, 0.25) is 0 Å². The lowest BCUT2D eigenvalue weighted by atomic mass is 10.0. The molecule has 2 heterocycles. The van der Waals surface area contributed by atoms with E-state index in [2.05, 4.69) is 35.8 Å². The van der Waals surface area contributed by atoms with Gasteiger partial charge in [0.1, 0.15) is 11.6 Å². The average Bonchev–Trinajstić information content (AvgIpc) is 2.71. The van der Waals surface area contributed by atoms with Crippen molar-refractivity contribution in [2.24, 2.45) is 0 Å². The first kappa shape index (κ1) is 22.0. The van der Waals surface area contributed by atoms with Gasteiger partial charge in [0, 0.05) is 55.4 Å². The molecule has 1 aromatic heterocycles. The van der Waals surface area contributed by atoms with Crippen LogP contribution >= 0.6 is 11.6 Å². The fraction of sp³-hybridized carbons (Fsp3) is 0.565. The first-order valence-corrected chi connectivity index (χ1v) is 11.1. The normalized spacial score (nSPS) is 16.2. The molecule has 0 amide bonds. The molecule has 3 rings (SSSR count). The Morgan fingerprint density at radius 3 is 2.38 bits per heavy atom. The summed E-state index contributed by atoms with van der Waals surface area (Å²) in [6.45, 7) is 10.8. The Balaban J connectivity index is 1.78. The predicted octanol–water partition coefficient (Wildman–Crippen LogP) is 3.87. The van der Waals surface area contributed by atoms with Gasteiger partial charge in [-0.05, 0) is 37.5 Å². The molecule has 0 spiro atoms. The molecule has 0 bridgehead atoms. The van der Waals surface area contributed by atoms with Crippen molar-refractivity contribution < 1.29 is 5.11 Å². The van der Waals surface area contributed by atoms with Gasteiger partial charge in [-0.3, -0.25) is 4.90 Å². The number of benzene rings is 1. The first-order chi connectivity index (χ1) is 14.0. The van der Waals surface area contributed by atoms with E-state index in [0.29, 0.717) is 0 Å². The van der Waals surface area contributed by atoms with Crippen LogP contribution in [0.2, 0.25) is 5.02 Å². The number of aryl methyl sites for hydroxylation is 2. The summed E-state index contributed by atoms with van der Waals surface area (Å²) < 4.78 is 0. The summed E-state index contributed by atoms with van der Waals surface area (Å²) in [5.74, 6) is 1.90. The molecule has 1 atom stereocenters. The van der Waals surface area contributed by atoms with Crippen LogP contribution in [0.5, 0.6) is 0 Å². The zero-order valence-electron chi connectivity index (χ0n) is 17.9. The Bertz CT molecular complexity index is 788. The van der Waals surface area contributed by atoms with Gasteiger partial charge in [-0.15, -0.1) is 0 Å². The van der Waals surface area contributed by atoms with E-state index in [4.69, 9.17) is 21.6 Å². The summed E-state index contributed by atoms with van der Waals surface area (Å²) >= 11 is 6.06. The maximum absolute atomic E-state index is 10.1. The second-order valence-electron chi connectivity index (χ2n) is 7.91. The molecular formula is C23H33ClN4O. The second-order valence-corrected chi connectivity index (χ2v) is 8.34. The Kier molecular flexibility index (Phi) is 7.87. The van der Waals surface area contributed by atoms with Gasteiger partial charge < -0.3 is 10.0 Å². The van der Waals surface area contributed by atoms with Gasteiger partial charge >= 0.3 is 0 Å². The van der Waals surface area contributed by atoms with Gasteiger partial charge in [0.05, 0.1) is 6.10 Å². The van der Waals surface area contributed by atoms with E-state index < -0.39 is 0 Å². The van der Waals surface area contributed by atoms with Gasteiger partial charge in [0.15, 0.2) is 0 Å². The molecule has 0 radical (unpaired) electrons. The van der Waals surface area contributed by atoms with Crippen LogP contribution in [0.25, 0.3) is 0 Å². The van der Waals surface area contributed by atoms with Crippen molar-refractivity contribution in [2.75, 3.05) is 37.6 Å². The number of β-amino-alcohol motifs (C(OH)–C–C–N with tert-alkyl or cyclic N) is 1. The SMILES string of the molecule is CCC[C@H](O)CN1CCN(c2nc(C)nc(CC)c2Cc2ccc(Cl)cc2)CC1. The zero-order valence-corrected chi connectivity index (χ0v) is 18.6. The lowest BCUT2D eigenvalue weighted by Crippen LogP contribution is -2.49. The average molecular weight is 417 g/mol. The number of aliphatic hydroxyl groups is 1. The molecule has 0 saturated carbocycles. The third-order valence-corrected chi connectivity index (χ3v) is 5.83. The number of nitrogens with zero attached hydrogens (tertiary/aromatic N) is 4. The number of aromatic nitrogens is 2. The van der Waals surface area contributed by atoms with Gasteiger partial charge in [-0.2, -0.15) is 0 Å². The third-order valence-electron chi connectivity index (χ3n) is 5.57. The van der Waals surface area contributed by atoms with Crippen LogP contribution in [-0.2, 0) is 12.8 Å². The molecule has 1 saturated heterocycles. The van der Waals surface area contributed by atoms with Crippen molar-refractivity contribution in [3.05, 3.63) is 51.9 Å². The molecule has 1 aromatic carbocycles. The van der Waals surface area contributed by atoms with Crippen LogP contribution < -0.4 is 4.90 Å². The smallest absolute Gasteiger partial charge is 0.136 e. The van der Waals surface area contributed by atoms with Crippen LogP contribution in [-0.4, -0.2) is 58.8 Å². The van der Waals surface area contributed by atoms with Crippen molar-refractivity contribution in [1.82, 2.24) is 14.9 Å². The van der Waals surface area contributed by atoms with Crippen molar-refractivity contribution >= 4 is 17.4 Å². The van der Waals surface area contributed by atoms with E-state index >= 15 is 0 Å². The number of rotatable bonds is 8. The van der Waals surface area contributed by atoms with E-state index in [-0.39, 0.29) is 6.10 Å². The molecule has 2 aromatic rings. The number of halogens is 1. The zero-order chi connectivity index (χ0) is 20.8. The molecule has 0 aliphatic carbocycles. The molecule has 5 nitrogen and oxygen atoms in total. The van der Waals surface area contributed by atoms with E-state index in [0.717, 1.165) is 80.8 Å². The fourth-order valence-electron chi connectivity index (χ4n) is 4.04. The fourth-order valence-corrected chi connectivity index (χ4v) is 4.17. The number of hydrogen-bond acceptors (Lipinski definition) is 5. The Hall–Kier alpha value is -1.69. The minimum atomic E-state index is -0.222. The monoisotopic (exact) mass is 416 g/mol. The molecule has 1 N–H and O–H groups in total. The highest BCUT2D eigenvalue weighted by Crippen LogP contribution is 2.26. The summed E-state index contributed by atoms with van der Waals surface area (Å²) in [7, 11) is 0. The third kappa shape index (κ3) is 5.91. The standard InChI is InChI=1S/C23H33ClN4O/c1-4-6-20(29)16-27-11-13-28(14-12-27)23-21(22(5-2)25-17(3)26-23)15-18-7-9-19(24)10-8-18/h7-10,20,29H,4-6,11-16H2,1-3H3/t20-/m0/s1. The van der Waals surface area contributed by atoms with Crippen molar-refractivity contribution in [1.29, 1.82) is 0 Å². The van der Waals surface area contributed by atoms with E-state index in [1.54, 1.807) is 0 Å². The molecule has 1 fully saturated rings. The van der Waals surface area contributed by atoms with E-state index in [1.807, 2.05) is 19.1 Å². The molecular weight excluding hydrogens is 384 g/mol. The second kappa shape index (κ2) is 10.4. The largest absolute Gasteiger partial charge is 0.392 e. The molecule has 158 valence electrons. The van der Waals surface area contributed by atoms with Gasteiger partial charge in [-0.25, -0.2) is 9.97 Å². The van der Waals surface area contributed by atoms with E-state index in [9.17, 15) is 5.11 Å². The number of anilines is 1. The van der Waals surface area contributed by atoms with Gasteiger partial charge in [0.25, 0.3) is 0 Å². The number of aliphatic hydroxyl groups excluding tert-OH is 1. The van der Waals surface area contributed by atoms with Crippen LogP contribution in [0.1, 0.15) is 49.3 Å². The molecule has 0 unspecified atom stereocenters. The van der Waals surface area contributed by atoms with E-state index in [1.165, 1.54) is 11.1 Å². The van der Waals surface area contributed by atoms with Crippen LogP contribution in [0.3, 0.4) is 0 Å². The maximum Gasteiger partial charge on any atom is 0.136 e. The van der Waals surface area contributed by atoms with Crippen LogP contribution in [0, 0.1) is 6.92 Å². The number of hydrogen-bond donors (Lipinski definition) is 1. The highest BCUT2D eigenvalue weighted by atomic mass is 35.5. The topological polar surface area (TPSA) is 52.5 Å². The van der Waals surface area contributed by atoms with Crippen LogP contribution in [0.4, 0.5) is 5.82 Å². The highest BCUT2D eigenvalue weighted by Gasteiger charge is 2.23. The van der Waals surface area contributed by atoms with Crippen molar-refractivity contribution in [2.45, 2.75) is 52.6 Å². The summed E-state index contributed by atoms with van der Waals surface area (Å²) in [6.07, 6.45) is 3.37. The van der Waals surface area contributed by atoms with Crippen molar-refractivity contribution in [3.63, 3.8) is 0 Å². The molecule has 6 heteroatoms. The Morgan fingerprint density at radius 1 is 1.07 bits per heavy atom. The number of piperazine rings is 1. The minimum Gasteiger partial charge on any atom is -0.392 e. The quantitative estimate of drug-likeness (QED) is 0.707. The lowest BCUT2D eigenvalue weighted by Gasteiger charge is -2.37. The van der Waals surface area contributed by atoms with Crippen molar-refractivity contribution in [3.8, 4) is 0 Å². The Morgan fingerprint density at radius 2 is 1.76 bits per heavy atom. The molecule has 1 aliphatic rings. The summed E-state index contributed by atoms with van der Waals surface area (Å²) in [5, 5.41) is 10.9. The maximum atomic E-state index is 10.1. The predicted molar refractivity (Wildman–Crippen MR) is 120 cm³/mol. The highest BCUT2D eigenvalue weighted by molar-refractivity contribution is 6.30. The first-order valence-electron chi connectivity index (χ1n) is 10.8. The van der Waals surface area contributed by atoms with Gasteiger partial charge in [-0.1, -0.05) is 44.0 Å². The summed E-state index contributed by atoms with van der Waals surface area (Å²) in [6, 6.07) is 8.05. The summed E-state index contributed by atoms with van der Waals surface area (Å²) in [4.78, 5) is 14.3. The molecule has 29 heavy (non-hydrogen) atoms. The minimum absolute atomic E-state index is 0.222. The molecule has 1 aliphatic heterocycles. The lowest BCUT2D eigenvalue weighted by molar-refractivity contribution is 0.101. The Labute approximate surface area is 179 Å². The summed E-state index contributed by atoms with van der Waals surface area (Å²) in [5.41, 5.74) is 3.57. The van der Waals surface area contributed by atoms with Crippen LogP contribution in [0.15, 0.2) is 24.3 Å².